The molecule has 0 saturated heterocycles. The first-order valence-corrected chi connectivity index (χ1v) is 7.23. The highest BCUT2D eigenvalue weighted by atomic mass is 19.1. The molecule has 0 aliphatic rings. The van der Waals surface area contributed by atoms with Crippen molar-refractivity contribution < 1.29 is 27.9 Å². The van der Waals surface area contributed by atoms with Gasteiger partial charge in [0, 0.05) is 18.2 Å². The summed E-state index contributed by atoms with van der Waals surface area (Å²) in [6, 6.07) is 2.28. The van der Waals surface area contributed by atoms with Crippen LogP contribution in [0.4, 0.5) is 8.78 Å². The molecule has 2 rings (SSSR count). The molecule has 0 aliphatic heterocycles. The van der Waals surface area contributed by atoms with Crippen molar-refractivity contribution in [3.05, 3.63) is 58.5 Å². The molecule has 128 valence electrons. The maximum atomic E-state index is 13.9. The zero-order chi connectivity index (χ0) is 18.0. The summed E-state index contributed by atoms with van der Waals surface area (Å²) in [5, 5.41) is 8.90. The monoisotopic (exact) mass is 337 g/mol. The number of furan rings is 1. The first-order valence-electron chi connectivity index (χ1n) is 7.23. The van der Waals surface area contributed by atoms with Gasteiger partial charge in [0.2, 0.25) is 0 Å². The van der Waals surface area contributed by atoms with Crippen molar-refractivity contribution in [1.82, 2.24) is 4.90 Å². The zero-order valence-electron chi connectivity index (χ0n) is 13.5. The largest absolute Gasteiger partial charge is 0.481 e. The van der Waals surface area contributed by atoms with Gasteiger partial charge in [-0.1, -0.05) is 0 Å². The molecule has 1 N–H and O–H groups in total. The van der Waals surface area contributed by atoms with Crippen LogP contribution >= 0.6 is 0 Å². The number of aryl methyl sites for hydroxylation is 1. The third-order valence-electron chi connectivity index (χ3n) is 3.89. The van der Waals surface area contributed by atoms with E-state index in [0.717, 1.165) is 18.2 Å². The number of rotatable bonds is 5. The molecule has 1 aromatic carbocycles. The lowest BCUT2D eigenvalue weighted by Crippen LogP contribution is -2.31. The number of carbonyl (C=O) groups is 2. The highest BCUT2D eigenvalue weighted by Crippen LogP contribution is 2.27. The number of aliphatic carboxylic acids is 1. The predicted molar refractivity (Wildman–Crippen MR) is 81.7 cm³/mol. The van der Waals surface area contributed by atoms with E-state index in [9.17, 15) is 18.4 Å². The van der Waals surface area contributed by atoms with E-state index in [1.165, 1.54) is 18.2 Å². The minimum atomic E-state index is -1.13. The van der Waals surface area contributed by atoms with E-state index < -0.39 is 36.0 Å². The van der Waals surface area contributed by atoms with Gasteiger partial charge in [-0.3, -0.25) is 9.59 Å². The molecule has 0 radical (unpaired) electrons. The molecule has 0 spiro atoms. The Hall–Kier alpha value is -2.70. The van der Waals surface area contributed by atoms with Crippen LogP contribution in [-0.4, -0.2) is 28.9 Å². The highest BCUT2D eigenvalue weighted by Gasteiger charge is 2.27. The minimum absolute atomic E-state index is 0.0313. The van der Waals surface area contributed by atoms with Crippen LogP contribution in [0.5, 0.6) is 0 Å². The summed E-state index contributed by atoms with van der Waals surface area (Å²) in [6.45, 7) is 3.17. The molecule has 0 aliphatic carbocycles. The summed E-state index contributed by atoms with van der Waals surface area (Å²) in [5.41, 5.74) is 0.644. The van der Waals surface area contributed by atoms with Crippen molar-refractivity contribution in [3.8, 4) is 0 Å². The Labute approximate surface area is 137 Å². The van der Waals surface area contributed by atoms with E-state index in [1.807, 2.05) is 0 Å². The number of amides is 1. The van der Waals surface area contributed by atoms with Gasteiger partial charge in [-0.25, -0.2) is 8.78 Å². The van der Waals surface area contributed by atoms with Gasteiger partial charge >= 0.3 is 5.97 Å². The SMILES string of the molecule is Cc1coc(CC(=O)O)c1C(=O)N(C)C(C)c1cc(F)ccc1F. The van der Waals surface area contributed by atoms with Crippen LogP contribution < -0.4 is 0 Å². The normalized spacial score (nSPS) is 12.0. The Kier molecular flexibility index (Phi) is 5.02. The van der Waals surface area contributed by atoms with Crippen molar-refractivity contribution in [2.45, 2.75) is 26.3 Å². The molecule has 1 amide bonds. The fourth-order valence-electron chi connectivity index (χ4n) is 2.45. The molecule has 1 aromatic heterocycles. The summed E-state index contributed by atoms with van der Waals surface area (Å²) in [5.74, 6) is -2.86. The maximum Gasteiger partial charge on any atom is 0.311 e. The summed E-state index contributed by atoms with van der Waals surface area (Å²) in [4.78, 5) is 24.8. The standard InChI is InChI=1S/C17H17F2NO4/c1-9-8-24-14(7-15(21)22)16(9)17(23)20(3)10(2)12-6-11(18)4-5-13(12)19/h4-6,8,10H,7H2,1-3H3,(H,21,22). The first-order chi connectivity index (χ1) is 11.2. The molecule has 7 heteroatoms. The van der Waals surface area contributed by atoms with Crippen LogP contribution in [0, 0.1) is 18.6 Å². The van der Waals surface area contributed by atoms with E-state index in [0.29, 0.717) is 5.56 Å². The number of benzene rings is 1. The van der Waals surface area contributed by atoms with Crippen LogP contribution in [0.15, 0.2) is 28.9 Å². The third kappa shape index (κ3) is 3.45. The fourth-order valence-corrected chi connectivity index (χ4v) is 2.45. The van der Waals surface area contributed by atoms with E-state index in [1.54, 1.807) is 13.8 Å². The second-order valence-corrected chi connectivity index (χ2v) is 5.55. The fraction of sp³-hybridized carbons (Fsp3) is 0.294. The Bertz CT molecular complexity index is 785. The summed E-state index contributed by atoms with van der Waals surface area (Å²) >= 11 is 0. The van der Waals surface area contributed by atoms with Gasteiger partial charge in [-0.2, -0.15) is 0 Å². The molecule has 5 nitrogen and oxygen atoms in total. The molecule has 1 atom stereocenters. The average molecular weight is 337 g/mol. The van der Waals surface area contributed by atoms with Crippen molar-refractivity contribution in [3.63, 3.8) is 0 Å². The molecular weight excluding hydrogens is 320 g/mol. The van der Waals surface area contributed by atoms with Crippen LogP contribution in [0.1, 0.15) is 40.2 Å². The van der Waals surface area contributed by atoms with Crippen LogP contribution in [0.25, 0.3) is 0 Å². The Morgan fingerprint density at radius 2 is 2.00 bits per heavy atom. The summed E-state index contributed by atoms with van der Waals surface area (Å²) < 4.78 is 32.4. The van der Waals surface area contributed by atoms with Crippen LogP contribution in [-0.2, 0) is 11.2 Å². The number of carboxylic acids is 1. The Morgan fingerprint density at radius 3 is 2.62 bits per heavy atom. The van der Waals surface area contributed by atoms with E-state index >= 15 is 0 Å². The number of hydrogen-bond acceptors (Lipinski definition) is 3. The number of halogens is 2. The van der Waals surface area contributed by atoms with Gasteiger partial charge in [0.1, 0.15) is 23.8 Å². The Balaban J connectivity index is 2.34. The maximum absolute atomic E-state index is 13.9. The number of carboxylic acid groups (broad SMARTS) is 1. The lowest BCUT2D eigenvalue weighted by atomic mass is 10.0. The number of carbonyl (C=O) groups excluding carboxylic acids is 1. The molecule has 0 fully saturated rings. The highest BCUT2D eigenvalue weighted by molar-refractivity contribution is 5.97. The van der Waals surface area contributed by atoms with Crippen molar-refractivity contribution in [2.75, 3.05) is 7.05 Å². The Morgan fingerprint density at radius 1 is 1.33 bits per heavy atom. The number of nitrogens with zero attached hydrogens (tertiary/aromatic N) is 1. The quantitative estimate of drug-likeness (QED) is 0.908. The molecular formula is C17H17F2NO4. The molecule has 1 heterocycles. The lowest BCUT2D eigenvalue weighted by molar-refractivity contribution is -0.136. The van der Waals surface area contributed by atoms with Crippen LogP contribution in [0.2, 0.25) is 0 Å². The van der Waals surface area contributed by atoms with Gasteiger partial charge in [0.15, 0.2) is 0 Å². The van der Waals surface area contributed by atoms with Gasteiger partial charge in [0.05, 0.1) is 17.9 Å². The van der Waals surface area contributed by atoms with Crippen LogP contribution in [0.3, 0.4) is 0 Å². The smallest absolute Gasteiger partial charge is 0.311 e. The summed E-state index contributed by atoms with van der Waals surface area (Å²) in [7, 11) is 1.44. The van der Waals surface area contributed by atoms with Gasteiger partial charge < -0.3 is 14.4 Å². The van der Waals surface area contributed by atoms with Crippen molar-refractivity contribution in [2.24, 2.45) is 0 Å². The average Bonchev–Trinajstić information content (AvgIpc) is 2.87. The lowest BCUT2D eigenvalue weighted by Gasteiger charge is -2.26. The van der Waals surface area contributed by atoms with Crippen molar-refractivity contribution in [1.29, 1.82) is 0 Å². The first kappa shape index (κ1) is 17.7. The van der Waals surface area contributed by atoms with E-state index in [-0.39, 0.29) is 16.9 Å². The predicted octanol–water partition coefficient (Wildman–Crippen LogP) is 3.33. The zero-order valence-corrected chi connectivity index (χ0v) is 13.5. The van der Waals surface area contributed by atoms with E-state index in [4.69, 9.17) is 9.52 Å². The van der Waals surface area contributed by atoms with E-state index in [2.05, 4.69) is 0 Å². The third-order valence-corrected chi connectivity index (χ3v) is 3.89. The second-order valence-electron chi connectivity index (χ2n) is 5.55. The topological polar surface area (TPSA) is 70.7 Å². The minimum Gasteiger partial charge on any atom is -0.481 e. The van der Waals surface area contributed by atoms with Gasteiger partial charge in [-0.15, -0.1) is 0 Å². The second kappa shape index (κ2) is 6.82. The summed E-state index contributed by atoms with van der Waals surface area (Å²) in [6.07, 6.45) is 0.859. The molecule has 2 aromatic rings. The van der Waals surface area contributed by atoms with Gasteiger partial charge in [0.25, 0.3) is 5.91 Å². The molecule has 0 bridgehead atoms. The molecule has 24 heavy (non-hydrogen) atoms. The number of hydrogen-bond donors (Lipinski definition) is 1. The van der Waals surface area contributed by atoms with Crippen molar-refractivity contribution >= 4 is 11.9 Å². The molecule has 0 saturated carbocycles. The molecule has 1 unspecified atom stereocenters. The van der Waals surface area contributed by atoms with Gasteiger partial charge in [-0.05, 0) is 32.0 Å².